The molecule has 0 fully saturated rings. The molecule has 0 aliphatic heterocycles. The summed E-state index contributed by atoms with van der Waals surface area (Å²) in [6, 6.07) is 13.7. The monoisotopic (exact) mass is 466 g/mol. The van der Waals surface area contributed by atoms with Crippen LogP contribution >= 0.6 is 11.6 Å². The van der Waals surface area contributed by atoms with Gasteiger partial charge in [0.05, 0.1) is 22.3 Å². The molecule has 0 aliphatic rings. The van der Waals surface area contributed by atoms with E-state index in [2.05, 4.69) is 15.4 Å². The van der Waals surface area contributed by atoms with Crippen LogP contribution < -0.4 is 10.0 Å². The number of halogens is 1. The normalized spacial score (nSPS) is 11.2. The molecule has 0 radical (unpaired) electrons. The van der Waals surface area contributed by atoms with Gasteiger partial charge in [0, 0.05) is 16.6 Å². The van der Waals surface area contributed by atoms with Crippen molar-refractivity contribution in [3.05, 3.63) is 77.1 Å². The number of nitrogens with one attached hydrogen (secondary N) is 2. The average molecular weight is 467 g/mol. The first-order valence-corrected chi connectivity index (χ1v) is 11.1. The second-order valence-electron chi connectivity index (χ2n) is 6.79. The summed E-state index contributed by atoms with van der Waals surface area (Å²) in [6.07, 6.45) is 2.81. The van der Waals surface area contributed by atoms with Crippen molar-refractivity contribution in [3.8, 4) is 11.8 Å². The van der Waals surface area contributed by atoms with Gasteiger partial charge in [-0.25, -0.2) is 22.6 Å². The minimum atomic E-state index is -4.12. The molecule has 4 aromatic rings. The first-order chi connectivity index (χ1) is 15.3. The molecule has 0 aliphatic carbocycles. The summed E-state index contributed by atoms with van der Waals surface area (Å²) < 4.78 is 28.3. The average Bonchev–Trinajstić information content (AvgIpc) is 3.15. The number of nitrogens with zero attached hydrogens (tertiary/aromatic N) is 4. The highest BCUT2D eigenvalue weighted by molar-refractivity contribution is 7.90. The summed E-state index contributed by atoms with van der Waals surface area (Å²) in [5.74, 6) is 0.00607. The van der Waals surface area contributed by atoms with E-state index >= 15 is 0 Å². The largest absolute Gasteiger partial charge is 0.334 e. The molecule has 160 valence electrons. The van der Waals surface area contributed by atoms with Gasteiger partial charge in [-0.2, -0.15) is 10.4 Å². The Labute approximate surface area is 188 Å². The number of aryl methyl sites for hydroxylation is 1. The molecule has 0 saturated carbocycles. The van der Waals surface area contributed by atoms with Gasteiger partial charge < -0.3 is 0 Å². The molecule has 32 heavy (non-hydrogen) atoms. The van der Waals surface area contributed by atoms with Gasteiger partial charge in [0.25, 0.3) is 10.0 Å². The van der Waals surface area contributed by atoms with Crippen molar-refractivity contribution in [1.29, 1.82) is 5.26 Å². The predicted octanol–water partition coefficient (Wildman–Crippen LogP) is 3.76. The number of fused-ring (bicyclic) bond motifs is 1. The summed E-state index contributed by atoms with van der Waals surface area (Å²) in [4.78, 5) is 16.7. The molecular formula is C21H15ClN6O3S. The Balaban J connectivity index is 1.69. The highest BCUT2D eigenvalue weighted by Crippen LogP contribution is 2.27. The Bertz CT molecular complexity index is 1490. The van der Waals surface area contributed by atoms with Crippen LogP contribution in [0.5, 0.6) is 0 Å². The maximum atomic E-state index is 12.5. The number of benzene rings is 2. The zero-order valence-corrected chi connectivity index (χ0v) is 18.1. The van der Waals surface area contributed by atoms with E-state index in [4.69, 9.17) is 11.6 Å². The van der Waals surface area contributed by atoms with Crippen LogP contribution in [0.1, 0.15) is 11.1 Å². The zero-order chi connectivity index (χ0) is 22.9. The fraction of sp³-hybridized carbons (Fsp3) is 0.0476. The van der Waals surface area contributed by atoms with Gasteiger partial charge >= 0.3 is 6.03 Å². The number of amides is 2. The van der Waals surface area contributed by atoms with Gasteiger partial charge in [0.15, 0.2) is 5.82 Å². The summed E-state index contributed by atoms with van der Waals surface area (Å²) in [6.45, 7) is 1.82. The maximum absolute atomic E-state index is 12.5. The van der Waals surface area contributed by atoms with E-state index in [-0.39, 0.29) is 16.3 Å². The lowest BCUT2D eigenvalue weighted by Crippen LogP contribution is -2.35. The molecule has 2 N–H and O–H groups in total. The lowest BCUT2D eigenvalue weighted by Gasteiger charge is -2.13. The number of hydrogen-bond acceptors (Lipinski definition) is 6. The van der Waals surface area contributed by atoms with Gasteiger partial charge in [0.2, 0.25) is 0 Å². The number of carbonyl (C=O) groups is 1. The summed E-state index contributed by atoms with van der Waals surface area (Å²) in [7, 11) is -4.12. The third-order valence-corrected chi connectivity index (χ3v) is 6.17. The Morgan fingerprint density at radius 1 is 1.16 bits per heavy atom. The maximum Gasteiger partial charge on any atom is 0.334 e. The van der Waals surface area contributed by atoms with E-state index in [1.54, 1.807) is 36.4 Å². The van der Waals surface area contributed by atoms with Crippen molar-refractivity contribution in [2.24, 2.45) is 0 Å². The smallest absolute Gasteiger partial charge is 0.290 e. The van der Waals surface area contributed by atoms with Crippen LogP contribution in [0.25, 0.3) is 16.6 Å². The molecule has 2 heterocycles. The van der Waals surface area contributed by atoms with Gasteiger partial charge in [-0.1, -0.05) is 29.3 Å². The standard InChI is InChI=1S/C21H15ClN6O3S/c1-13-2-5-16(6-3-13)32(30,31)27-21(29)26-20-14(11-23)12-25-28(20)19-8-9-24-18-10-15(22)4-7-17(18)19/h2-10,12H,1H3,(H2,26,27,29). The second kappa shape index (κ2) is 8.30. The van der Waals surface area contributed by atoms with E-state index in [1.807, 2.05) is 17.7 Å². The van der Waals surface area contributed by atoms with Crippen molar-refractivity contribution >= 4 is 44.4 Å². The molecule has 4 rings (SSSR count). The van der Waals surface area contributed by atoms with Gasteiger partial charge in [0.1, 0.15) is 11.6 Å². The van der Waals surface area contributed by atoms with Crippen molar-refractivity contribution < 1.29 is 13.2 Å². The number of urea groups is 1. The Morgan fingerprint density at radius 3 is 2.62 bits per heavy atom. The summed E-state index contributed by atoms with van der Waals surface area (Å²) in [5.41, 5.74) is 2.03. The molecule has 0 atom stereocenters. The minimum absolute atomic E-state index is 0.00607. The van der Waals surface area contributed by atoms with Crippen LogP contribution in [0.4, 0.5) is 10.6 Å². The van der Waals surface area contributed by atoms with Gasteiger partial charge in [-0.3, -0.25) is 10.3 Å². The number of pyridine rings is 1. The van der Waals surface area contributed by atoms with E-state index in [1.165, 1.54) is 29.2 Å². The topological polar surface area (TPSA) is 130 Å². The Hall–Kier alpha value is -3.94. The van der Waals surface area contributed by atoms with Gasteiger partial charge in [-0.15, -0.1) is 0 Å². The lowest BCUT2D eigenvalue weighted by molar-refractivity contribution is 0.256. The van der Waals surface area contributed by atoms with Crippen LogP contribution in [0.2, 0.25) is 5.02 Å². The summed E-state index contributed by atoms with van der Waals surface area (Å²) >= 11 is 6.04. The SMILES string of the molecule is Cc1ccc(S(=O)(=O)NC(=O)Nc2c(C#N)cnn2-c2ccnc3cc(Cl)ccc23)cc1. The fourth-order valence-corrected chi connectivity index (χ4v) is 4.13. The number of hydrogen-bond donors (Lipinski definition) is 2. The molecule has 0 spiro atoms. The van der Waals surface area contributed by atoms with Crippen molar-refractivity contribution in [2.75, 3.05) is 5.32 Å². The van der Waals surface area contributed by atoms with Crippen LogP contribution in [0.15, 0.2) is 65.8 Å². The second-order valence-corrected chi connectivity index (χ2v) is 8.91. The highest BCUT2D eigenvalue weighted by Gasteiger charge is 2.21. The predicted molar refractivity (Wildman–Crippen MR) is 119 cm³/mol. The Kier molecular flexibility index (Phi) is 5.52. The molecule has 0 bridgehead atoms. The van der Waals surface area contributed by atoms with Gasteiger partial charge in [-0.05, 0) is 43.3 Å². The number of nitriles is 1. The van der Waals surface area contributed by atoms with E-state index in [0.717, 1.165) is 5.56 Å². The molecule has 11 heteroatoms. The van der Waals surface area contributed by atoms with Crippen LogP contribution in [-0.2, 0) is 10.0 Å². The van der Waals surface area contributed by atoms with Crippen LogP contribution in [0, 0.1) is 18.3 Å². The highest BCUT2D eigenvalue weighted by atomic mass is 35.5. The third-order valence-electron chi connectivity index (χ3n) is 4.59. The Morgan fingerprint density at radius 2 is 1.91 bits per heavy atom. The minimum Gasteiger partial charge on any atom is -0.290 e. The molecule has 2 aromatic carbocycles. The van der Waals surface area contributed by atoms with Crippen molar-refractivity contribution in [3.63, 3.8) is 0 Å². The first-order valence-electron chi connectivity index (χ1n) is 9.22. The first kappa shape index (κ1) is 21.3. The zero-order valence-electron chi connectivity index (χ0n) is 16.6. The molecule has 2 amide bonds. The van der Waals surface area contributed by atoms with Crippen LogP contribution in [0.3, 0.4) is 0 Å². The molecule has 2 aromatic heterocycles. The number of sulfonamides is 1. The van der Waals surface area contributed by atoms with Crippen molar-refractivity contribution in [1.82, 2.24) is 19.5 Å². The number of anilines is 1. The van der Waals surface area contributed by atoms with Crippen molar-refractivity contribution in [2.45, 2.75) is 11.8 Å². The van der Waals surface area contributed by atoms with E-state index in [9.17, 15) is 18.5 Å². The van der Waals surface area contributed by atoms with Crippen LogP contribution in [-0.4, -0.2) is 29.2 Å². The van der Waals surface area contributed by atoms with E-state index < -0.39 is 16.1 Å². The third kappa shape index (κ3) is 4.12. The quantitative estimate of drug-likeness (QED) is 0.471. The molecule has 0 unspecified atom stereocenters. The number of carbonyl (C=O) groups excluding carboxylic acids is 1. The number of rotatable bonds is 4. The lowest BCUT2D eigenvalue weighted by atomic mass is 10.2. The number of aromatic nitrogens is 3. The fourth-order valence-electron chi connectivity index (χ4n) is 3.06. The molecule has 9 nitrogen and oxygen atoms in total. The molecule has 0 saturated heterocycles. The van der Waals surface area contributed by atoms with E-state index in [0.29, 0.717) is 21.6 Å². The molecular weight excluding hydrogens is 452 g/mol. The summed E-state index contributed by atoms with van der Waals surface area (Å²) in [5, 5.41) is 17.2.